The summed E-state index contributed by atoms with van der Waals surface area (Å²) in [5.41, 5.74) is 4.87. The molecule has 6 rings (SSSR count). The van der Waals surface area contributed by atoms with Crippen molar-refractivity contribution in [2.24, 2.45) is 17.6 Å². The standard InChI is InChI=1S/C59H77BrClN9O15/c1-32(2)49(68-46(71)20-11-10-12-25-82-54(75)34(4)31-60)53(74)66-40(18-15-24-64-55(62)76)52(73)65-39-22-21-38(37-17-14-23-63-50(37)39)67-56(77)84-45-29-47(72)70(7)41-27-36(28-42(80-8)48(41)61)26-33(3)16-13-19-44(81-9)59(79)30-43(83-57(78)69-59)35(5)51-58(45,6)85-51/h13-14,16-17,19,21-23,27-28,32,35,40,43-45,49,51,79H,4,10-12,15,18,20,24-26,29-31H2,1-3,5-9H3,(H,65,73)(H,66,74)(H,67,77)(H,68,71)(H,69,78)(H3,62,64,76)/b19-13+,33-16+/t35-,40+,43+,44-,45+,49+,51+,58+,59+/m1/s1. The molecule has 0 radical (unpaired) electrons. The fourth-order valence-electron chi connectivity index (χ4n) is 10.2. The fourth-order valence-corrected chi connectivity index (χ4v) is 10.7. The van der Waals surface area contributed by atoms with Gasteiger partial charge in [-0.15, -0.1) is 0 Å². The molecule has 0 unspecified atom stereocenters. The van der Waals surface area contributed by atoms with Crippen LogP contribution >= 0.6 is 27.5 Å². The van der Waals surface area contributed by atoms with Crippen LogP contribution in [-0.4, -0.2) is 145 Å². The van der Waals surface area contributed by atoms with Crippen LogP contribution in [0.15, 0.2) is 78.5 Å². The van der Waals surface area contributed by atoms with E-state index in [0.29, 0.717) is 53.4 Å². The van der Waals surface area contributed by atoms with E-state index < -0.39 is 108 Å². The first-order valence-electron chi connectivity index (χ1n) is 27.9. The molecule has 4 heterocycles. The number of halogens is 2. The zero-order valence-corrected chi connectivity index (χ0v) is 51.3. The maximum absolute atomic E-state index is 14.5. The number of allylic oxidation sites excluding steroid dienone is 3. The fraction of sp³-hybridized carbons (Fsp3) is 0.508. The quantitative estimate of drug-likeness (QED) is 0.0125. The number of benzene rings is 2. The van der Waals surface area contributed by atoms with Crippen LogP contribution in [0.4, 0.5) is 31.4 Å². The van der Waals surface area contributed by atoms with Crippen LogP contribution in [-0.2, 0) is 54.1 Å². The summed E-state index contributed by atoms with van der Waals surface area (Å²) in [6.45, 7) is 12.7. The molecule has 85 heavy (non-hydrogen) atoms. The number of carbonyl (C=O) groups is 8. The van der Waals surface area contributed by atoms with Crippen molar-refractivity contribution >= 4 is 103 Å². The summed E-state index contributed by atoms with van der Waals surface area (Å²) in [4.78, 5) is 113. The second kappa shape index (κ2) is 30.2. The van der Waals surface area contributed by atoms with E-state index in [4.69, 9.17) is 45.8 Å². The molecule has 9 N–H and O–H groups in total. The van der Waals surface area contributed by atoms with Gasteiger partial charge in [-0.2, -0.15) is 0 Å². The van der Waals surface area contributed by atoms with E-state index in [9.17, 15) is 43.5 Å². The molecule has 0 saturated carbocycles. The monoisotopic (exact) mass is 1270 g/mol. The molecule has 0 aliphatic carbocycles. The van der Waals surface area contributed by atoms with Crippen LogP contribution in [0.1, 0.15) is 91.5 Å². The minimum atomic E-state index is -1.91. The molecule has 1 aromatic heterocycles. The van der Waals surface area contributed by atoms with Gasteiger partial charge in [0.2, 0.25) is 23.6 Å². The minimum absolute atomic E-state index is 0.0325. The first kappa shape index (κ1) is 66.8. The zero-order valence-electron chi connectivity index (χ0n) is 49.0. The first-order valence-corrected chi connectivity index (χ1v) is 29.4. The molecule has 3 aliphatic heterocycles. The highest BCUT2D eigenvalue weighted by Crippen LogP contribution is 2.49. The van der Waals surface area contributed by atoms with Crippen LogP contribution in [0.3, 0.4) is 0 Å². The summed E-state index contributed by atoms with van der Waals surface area (Å²) in [5.74, 6) is -3.42. The molecule has 3 aromatic rings. The van der Waals surface area contributed by atoms with Crippen molar-refractivity contribution in [3.05, 3.63) is 89.1 Å². The van der Waals surface area contributed by atoms with Crippen molar-refractivity contribution in [3.8, 4) is 5.75 Å². The van der Waals surface area contributed by atoms with E-state index in [-0.39, 0.29) is 66.7 Å². The van der Waals surface area contributed by atoms with E-state index in [0.717, 1.165) is 11.1 Å². The normalized spacial score (nSPS) is 23.9. The number of nitrogens with zero attached hydrogens (tertiary/aromatic N) is 2. The predicted octanol–water partition coefficient (Wildman–Crippen LogP) is 6.99. The lowest BCUT2D eigenvalue weighted by molar-refractivity contribution is -0.142. The molecule has 2 fully saturated rings. The number of alkyl carbamates (subject to hydrolysis) is 1. The Morgan fingerprint density at radius 3 is 2.47 bits per heavy atom. The molecule has 462 valence electrons. The smallest absolute Gasteiger partial charge is 0.412 e. The molecule has 24 nitrogen and oxygen atoms in total. The number of rotatable bonds is 22. The molecule has 26 heteroatoms. The zero-order chi connectivity index (χ0) is 62.3. The van der Waals surface area contributed by atoms with Crippen LogP contribution in [0.5, 0.6) is 5.75 Å². The number of epoxide rings is 1. The van der Waals surface area contributed by atoms with Crippen molar-refractivity contribution in [2.75, 3.05) is 55.3 Å². The lowest BCUT2D eigenvalue weighted by atomic mass is 9.83. The number of urea groups is 1. The van der Waals surface area contributed by atoms with Gasteiger partial charge < -0.3 is 65.4 Å². The number of aliphatic hydroxyl groups is 1. The van der Waals surface area contributed by atoms with Gasteiger partial charge in [0, 0.05) is 61.9 Å². The summed E-state index contributed by atoms with van der Waals surface area (Å²) >= 11 is 10.0. The van der Waals surface area contributed by atoms with Gasteiger partial charge in [-0.25, -0.2) is 19.2 Å². The molecule has 4 bridgehead atoms. The summed E-state index contributed by atoms with van der Waals surface area (Å²) in [7, 11) is 4.40. The van der Waals surface area contributed by atoms with Gasteiger partial charge in [0.05, 0.1) is 48.8 Å². The maximum atomic E-state index is 14.5. The van der Waals surface area contributed by atoms with Gasteiger partial charge >= 0.3 is 24.2 Å². The number of alkyl halides is 1. The lowest BCUT2D eigenvalue weighted by Crippen LogP contribution is -2.63. The molecular formula is C59H77BrClN9O15. The number of hydrogen-bond donors (Lipinski definition) is 8. The largest absolute Gasteiger partial charge is 0.495 e. The van der Waals surface area contributed by atoms with Crippen molar-refractivity contribution in [2.45, 2.75) is 140 Å². The molecule has 8 amide bonds. The topological polar surface area (TPSA) is 330 Å². The molecule has 2 saturated heterocycles. The minimum Gasteiger partial charge on any atom is -0.495 e. The third-order valence-corrected chi connectivity index (χ3v) is 16.1. The number of primary amides is 1. The van der Waals surface area contributed by atoms with Crippen molar-refractivity contribution in [1.82, 2.24) is 26.3 Å². The molecule has 9 atom stereocenters. The average Bonchev–Trinajstić information content (AvgIpc) is 1.71. The van der Waals surface area contributed by atoms with Crippen LogP contribution in [0.25, 0.3) is 10.9 Å². The number of anilines is 3. The molecule has 2 aromatic carbocycles. The van der Waals surface area contributed by atoms with Gasteiger partial charge in [0.15, 0.2) is 5.72 Å². The summed E-state index contributed by atoms with van der Waals surface area (Å²) in [5, 5.41) is 28.9. The number of esters is 1. The Morgan fingerprint density at radius 1 is 1.04 bits per heavy atom. The Balaban J connectivity index is 1.22. The number of methoxy groups -OCH3 is 2. The number of fused-ring (bicyclic) bond motifs is 6. The van der Waals surface area contributed by atoms with Crippen molar-refractivity contribution in [1.29, 1.82) is 0 Å². The average molecular weight is 1270 g/mol. The van der Waals surface area contributed by atoms with Crippen LogP contribution < -0.4 is 47.3 Å². The van der Waals surface area contributed by atoms with E-state index in [1.807, 2.05) is 13.0 Å². The maximum Gasteiger partial charge on any atom is 0.412 e. The summed E-state index contributed by atoms with van der Waals surface area (Å²) in [6.07, 6.45) is 2.46. The highest BCUT2D eigenvalue weighted by molar-refractivity contribution is 9.09. The number of pyridine rings is 1. The van der Waals surface area contributed by atoms with Crippen LogP contribution in [0.2, 0.25) is 5.02 Å². The van der Waals surface area contributed by atoms with Gasteiger partial charge in [0.1, 0.15) is 46.8 Å². The number of nitrogens with two attached hydrogens (primary N) is 1. The number of aromatic nitrogens is 1. The third kappa shape index (κ3) is 17.6. The predicted molar refractivity (Wildman–Crippen MR) is 321 cm³/mol. The van der Waals surface area contributed by atoms with Crippen molar-refractivity contribution in [3.63, 3.8) is 0 Å². The first-order chi connectivity index (χ1) is 40.3. The third-order valence-electron chi connectivity index (χ3n) is 15.1. The second-order valence-electron chi connectivity index (χ2n) is 21.8. The highest BCUT2D eigenvalue weighted by Gasteiger charge is 2.64. The van der Waals surface area contributed by atoms with Crippen molar-refractivity contribution < 1.29 is 71.9 Å². The number of hydrogen-bond acceptors (Lipinski definition) is 16. The van der Waals surface area contributed by atoms with E-state index >= 15 is 0 Å². The molecular weight excluding hydrogens is 1190 g/mol. The second-order valence-corrected chi connectivity index (χ2v) is 22.8. The van der Waals surface area contributed by atoms with E-state index in [2.05, 4.69) is 59.4 Å². The van der Waals surface area contributed by atoms with Crippen LogP contribution in [0, 0.1) is 11.8 Å². The molecule has 0 spiro atoms. The van der Waals surface area contributed by atoms with E-state index in [1.165, 1.54) is 44.5 Å². The highest BCUT2D eigenvalue weighted by atomic mass is 79.9. The molecule has 3 aliphatic rings. The van der Waals surface area contributed by atoms with Gasteiger partial charge in [0.25, 0.3) is 0 Å². The Kier molecular flexibility index (Phi) is 23.7. The number of nitrogens with one attached hydrogen (secondary N) is 6. The van der Waals surface area contributed by atoms with Gasteiger partial charge in [-0.1, -0.05) is 78.7 Å². The van der Waals surface area contributed by atoms with Gasteiger partial charge in [-0.3, -0.25) is 34.8 Å². The van der Waals surface area contributed by atoms with E-state index in [1.54, 1.807) is 64.1 Å². The van der Waals surface area contributed by atoms with Gasteiger partial charge in [-0.05, 0) is 100 Å². The number of unbranched alkanes of at least 4 members (excludes halogenated alkanes) is 2. The Hall–Kier alpha value is -7.32. The lowest BCUT2D eigenvalue weighted by Gasteiger charge is -2.42. The number of carbonyl (C=O) groups excluding carboxylic acids is 8. The SMILES string of the molecule is C=C(CBr)C(=O)OCCCCCC(=O)N[C@H](C(=O)N[C@@H](CCCNC(N)=O)C(=O)Nc1ccc(NC(=O)O[C@H]2CC(=O)N(C)c3cc(cc(OC)c3Cl)C/C(C)=C/C=C/[C@@H](OC)[C@@]3(O)C[C@H](OC(=O)N3)[C@@H](C)[C@@H]3O[C@@]23C)c2cccnc12)C(C)C. The summed E-state index contributed by atoms with van der Waals surface area (Å²) < 4.78 is 34.8. The Morgan fingerprint density at radius 2 is 1.78 bits per heavy atom. The Bertz CT molecular complexity index is 3050. The number of amides is 8. The Labute approximate surface area is 507 Å². The number of ether oxygens (including phenoxy) is 6. The summed E-state index contributed by atoms with van der Waals surface area (Å²) in [6, 6.07) is 6.77.